The van der Waals surface area contributed by atoms with E-state index in [0.717, 1.165) is 16.1 Å². The van der Waals surface area contributed by atoms with E-state index in [1.165, 1.54) is 23.1 Å². The smallest absolute Gasteiger partial charge is 0.242 e. The highest BCUT2D eigenvalue weighted by Crippen LogP contribution is 2.22. The number of methoxy groups -OCH3 is 1. The molecule has 0 heterocycles. The largest absolute Gasteiger partial charge is 0.497 e. The summed E-state index contributed by atoms with van der Waals surface area (Å²) >= 11 is 0. The van der Waals surface area contributed by atoms with Crippen LogP contribution in [0.5, 0.6) is 5.75 Å². The van der Waals surface area contributed by atoms with Gasteiger partial charge in [-0.2, -0.15) is 0 Å². The molecule has 0 aromatic heterocycles. The first-order valence-corrected chi connectivity index (χ1v) is 13.7. The summed E-state index contributed by atoms with van der Waals surface area (Å²) in [6.45, 7) is 6.20. The fourth-order valence-corrected chi connectivity index (χ4v) is 4.61. The fraction of sp³-hybridized carbons (Fsp3) is 0.462. The third-order valence-corrected chi connectivity index (χ3v) is 6.79. The van der Waals surface area contributed by atoms with Crippen molar-refractivity contribution in [2.45, 2.75) is 46.2 Å². The highest BCUT2D eigenvalue weighted by Gasteiger charge is 2.27. The van der Waals surface area contributed by atoms with Crippen LogP contribution in [0.3, 0.4) is 0 Å². The Labute approximate surface area is 213 Å². The molecule has 1 atom stereocenters. The Hall–Kier alpha value is -3.14. The fourth-order valence-electron chi connectivity index (χ4n) is 3.64. The molecule has 0 bridgehead atoms. The maximum Gasteiger partial charge on any atom is 0.242 e. The number of para-hydroxylation sites is 1. The van der Waals surface area contributed by atoms with Gasteiger partial charge in [0.05, 0.1) is 19.1 Å². The summed E-state index contributed by atoms with van der Waals surface area (Å²) < 4.78 is 45.1. The summed E-state index contributed by atoms with van der Waals surface area (Å²) in [6, 6.07) is 12.1. The van der Waals surface area contributed by atoms with Gasteiger partial charge < -0.3 is 15.0 Å². The van der Waals surface area contributed by atoms with Gasteiger partial charge in [-0.15, -0.1) is 0 Å². The summed E-state index contributed by atoms with van der Waals surface area (Å²) in [5.41, 5.74) is 0.720. The van der Waals surface area contributed by atoms with Gasteiger partial charge in [-0.3, -0.25) is 13.9 Å². The van der Waals surface area contributed by atoms with Crippen LogP contribution in [0, 0.1) is 11.7 Å². The molecule has 2 rings (SSSR count). The number of rotatable bonds is 13. The Kier molecular flexibility index (Phi) is 10.7. The van der Waals surface area contributed by atoms with Crippen LogP contribution in [0.1, 0.15) is 39.2 Å². The second-order valence-electron chi connectivity index (χ2n) is 9.08. The van der Waals surface area contributed by atoms with Crippen LogP contribution >= 0.6 is 0 Å². The Balaban J connectivity index is 2.19. The van der Waals surface area contributed by atoms with E-state index in [1.807, 2.05) is 19.9 Å². The van der Waals surface area contributed by atoms with Crippen molar-refractivity contribution >= 4 is 27.5 Å². The molecule has 0 fully saturated rings. The Bertz CT molecular complexity index is 1140. The molecule has 1 N–H and O–H groups in total. The van der Waals surface area contributed by atoms with Crippen LogP contribution < -0.4 is 14.4 Å². The number of carbonyl (C=O) groups excluding carboxylic acids is 2. The van der Waals surface area contributed by atoms with Crippen LogP contribution in [-0.4, -0.2) is 57.6 Å². The highest BCUT2D eigenvalue weighted by atomic mass is 32.2. The molecule has 8 nitrogen and oxygen atoms in total. The average Bonchev–Trinajstić information content (AvgIpc) is 2.83. The number of ether oxygens (including phenoxy) is 1. The van der Waals surface area contributed by atoms with E-state index in [9.17, 15) is 22.4 Å². The second-order valence-corrected chi connectivity index (χ2v) is 11.0. The van der Waals surface area contributed by atoms with Crippen LogP contribution in [0.15, 0.2) is 48.5 Å². The summed E-state index contributed by atoms with van der Waals surface area (Å²) in [5, 5.41) is 2.86. The summed E-state index contributed by atoms with van der Waals surface area (Å²) in [6.07, 6.45) is 1.12. The quantitative estimate of drug-likeness (QED) is 0.435. The number of carbonyl (C=O) groups is 2. The van der Waals surface area contributed by atoms with Crippen molar-refractivity contribution in [2.24, 2.45) is 5.92 Å². The maximum atomic E-state index is 14.3. The van der Waals surface area contributed by atoms with Crippen LogP contribution in [0.4, 0.5) is 10.1 Å². The number of anilines is 1. The van der Waals surface area contributed by atoms with E-state index >= 15 is 0 Å². The molecule has 0 radical (unpaired) electrons. The van der Waals surface area contributed by atoms with Gasteiger partial charge in [0.15, 0.2) is 0 Å². The summed E-state index contributed by atoms with van der Waals surface area (Å²) in [5.74, 6) is -0.366. The van der Waals surface area contributed by atoms with E-state index in [-0.39, 0.29) is 49.4 Å². The normalized spacial score (nSPS) is 12.2. The van der Waals surface area contributed by atoms with Gasteiger partial charge in [0.25, 0.3) is 0 Å². The molecular weight excluding hydrogens is 485 g/mol. The molecule has 0 aliphatic rings. The third kappa shape index (κ3) is 8.51. The number of benzene rings is 2. The van der Waals surface area contributed by atoms with Gasteiger partial charge in [0.1, 0.15) is 17.6 Å². The average molecular weight is 522 g/mol. The highest BCUT2D eigenvalue weighted by molar-refractivity contribution is 7.92. The second kappa shape index (κ2) is 13.2. The lowest BCUT2D eigenvalue weighted by molar-refractivity contribution is -0.140. The number of amides is 2. The molecule has 198 valence electrons. The summed E-state index contributed by atoms with van der Waals surface area (Å²) in [7, 11) is -2.22. The van der Waals surface area contributed by atoms with Gasteiger partial charge >= 0.3 is 0 Å². The molecule has 2 aromatic carbocycles. The molecule has 2 aromatic rings. The Morgan fingerprint density at radius 2 is 1.78 bits per heavy atom. The molecule has 0 unspecified atom stereocenters. The lowest BCUT2D eigenvalue weighted by Crippen LogP contribution is -2.48. The third-order valence-electron chi connectivity index (χ3n) is 5.61. The first kappa shape index (κ1) is 29.1. The Morgan fingerprint density at radius 1 is 1.08 bits per heavy atom. The Morgan fingerprint density at radius 3 is 2.39 bits per heavy atom. The summed E-state index contributed by atoms with van der Waals surface area (Å²) in [4.78, 5) is 27.5. The van der Waals surface area contributed by atoms with Gasteiger partial charge in [-0.25, -0.2) is 12.8 Å². The number of nitrogens with one attached hydrogen (secondary N) is 1. The zero-order valence-electron chi connectivity index (χ0n) is 21.5. The van der Waals surface area contributed by atoms with Gasteiger partial charge in [0.2, 0.25) is 21.8 Å². The van der Waals surface area contributed by atoms with Crippen LogP contribution in [0.25, 0.3) is 0 Å². The predicted octanol–water partition coefficient (Wildman–Crippen LogP) is 3.57. The molecular formula is C26H36FN3O5S. The molecule has 0 aliphatic heterocycles. The molecule has 0 saturated heterocycles. The molecule has 0 spiro atoms. The molecule has 0 aliphatic carbocycles. The van der Waals surface area contributed by atoms with Crippen LogP contribution in [-0.2, 0) is 26.2 Å². The van der Waals surface area contributed by atoms with E-state index < -0.39 is 21.9 Å². The van der Waals surface area contributed by atoms with Crippen molar-refractivity contribution in [2.75, 3.05) is 30.8 Å². The monoisotopic (exact) mass is 521 g/mol. The number of nitrogens with zero attached hydrogens (tertiary/aromatic N) is 2. The maximum absolute atomic E-state index is 14.3. The van der Waals surface area contributed by atoms with Crippen molar-refractivity contribution < 1.29 is 27.1 Å². The number of hydrogen-bond acceptors (Lipinski definition) is 5. The SMILES string of the molecule is COc1cccc(CN(C(=O)CCCN(c2ccccc2F)S(C)(=O)=O)[C@H](C)C(=O)NCC(C)C)c1. The lowest BCUT2D eigenvalue weighted by atomic mass is 10.1. The first-order chi connectivity index (χ1) is 16.9. The van der Waals surface area contributed by atoms with Crippen LogP contribution in [0.2, 0.25) is 0 Å². The number of halogens is 1. The van der Waals surface area contributed by atoms with Gasteiger partial charge in [0, 0.05) is 26.1 Å². The van der Waals surface area contributed by atoms with Crippen molar-refractivity contribution in [3.8, 4) is 5.75 Å². The molecule has 2 amide bonds. The van der Waals surface area contributed by atoms with E-state index in [4.69, 9.17) is 4.74 Å². The van der Waals surface area contributed by atoms with Gasteiger partial charge in [-0.1, -0.05) is 38.1 Å². The van der Waals surface area contributed by atoms with Crippen molar-refractivity contribution in [3.05, 3.63) is 59.9 Å². The standard InChI is InChI=1S/C26H36FN3O5S/c1-19(2)17-28-26(32)20(3)29(18-21-10-8-11-22(16-21)35-4)25(31)14-9-15-30(36(5,33)34)24-13-7-6-12-23(24)27/h6-8,10-13,16,19-20H,9,14-15,17-18H2,1-5H3,(H,28,32)/t20-/m1/s1. The van der Waals surface area contributed by atoms with Crippen molar-refractivity contribution in [3.63, 3.8) is 0 Å². The minimum absolute atomic E-state index is 0.0216. The van der Waals surface area contributed by atoms with E-state index in [2.05, 4.69) is 5.32 Å². The number of hydrogen-bond donors (Lipinski definition) is 1. The minimum atomic E-state index is -3.77. The zero-order valence-corrected chi connectivity index (χ0v) is 22.3. The molecule has 0 saturated carbocycles. The first-order valence-electron chi connectivity index (χ1n) is 11.9. The zero-order chi connectivity index (χ0) is 26.9. The molecule has 36 heavy (non-hydrogen) atoms. The lowest BCUT2D eigenvalue weighted by Gasteiger charge is -2.30. The predicted molar refractivity (Wildman–Crippen MR) is 139 cm³/mol. The van der Waals surface area contributed by atoms with E-state index in [1.54, 1.807) is 38.3 Å². The topological polar surface area (TPSA) is 96.0 Å². The van der Waals surface area contributed by atoms with Crippen molar-refractivity contribution in [1.29, 1.82) is 0 Å². The van der Waals surface area contributed by atoms with Crippen molar-refractivity contribution in [1.82, 2.24) is 10.2 Å². The molecule has 10 heteroatoms. The van der Waals surface area contributed by atoms with Gasteiger partial charge in [-0.05, 0) is 49.1 Å². The number of sulfonamides is 1. The minimum Gasteiger partial charge on any atom is -0.497 e. The van der Waals surface area contributed by atoms with E-state index in [0.29, 0.717) is 12.3 Å².